The van der Waals surface area contributed by atoms with Crippen LogP contribution < -0.4 is 14.4 Å². The molecule has 1 aromatic carbocycles. The van der Waals surface area contributed by atoms with E-state index in [0.29, 0.717) is 11.4 Å². The quantitative estimate of drug-likeness (QED) is 0.869. The molecule has 0 bridgehead atoms. The molecule has 2 unspecified atom stereocenters. The minimum absolute atomic E-state index is 0.0255. The number of carbonyl (C=O) groups is 1. The van der Waals surface area contributed by atoms with Crippen molar-refractivity contribution in [1.82, 2.24) is 5.32 Å². The van der Waals surface area contributed by atoms with Crippen molar-refractivity contribution >= 4 is 21.6 Å². The SMILES string of the molecule is CC(C)C(C)NC(=O)C1CN(S(C)(=O)=O)c2cc(C(C)(C)C)ccc2O1. The van der Waals surface area contributed by atoms with Crippen LogP contribution in [0.15, 0.2) is 18.2 Å². The van der Waals surface area contributed by atoms with Crippen LogP contribution in [0.3, 0.4) is 0 Å². The number of hydrogen-bond acceptors (Lipinski definition) is 4. The highest BCUT2D eigenvalue weighted by atomic mass is 32.2. The molecular weight excluding hydrogens is 352 g/mol. The Morgan fingerprint density at radius 1 is 1.27 bits per heavy atom. The third kappa shape index (κ3) is 4.50. The first-order valence-electron chi connectivity index (χ1n) is 8.90. The van der Waals surface area contributed by atoms with Gasteiger partial charge in [0, 0.05) is 6.04 Å². The zero-order chi connectivity index (χ0) is 19.9. The number of amides is 1. The number of nitrogens with one attached hydrogen (secondary N) is 1. The molecule has 146 valence electrons. The molecule has 1 aromatic rings. The first kappa shape index (κ1) is 20.6. The fraction of sp³-hybridized carbons (Fsp3) is 0.632. The summed E-state index contributed by atoms with van der Waals surface area (Å²) in [6, 6.07) is 5.47. The molecule has 7 heteroatoms. The Morgan fingerprint density at radius 2 is 1.88 bits per heavy atom. The molecule has 0 saturated carbocycles. The van der Waals surface area contributed by atoms with Crippen LogP contribution >= 0.6 is 0 Å². The van der Waals surface area contributed by atoms with Crippen molar-refractivity contribution in [2.24, 2.45) is 5.92 Å². The monoisotopic (exact) mass is 382 g/mol. The largest absolute Gasteiger partial charge is 0.476 e. The van der Waals surface area contributed by atoms with Gasteiger partial charge in [-0.15, -0.1) is 0 Å². The molecule has 26 heavy (non-hydrogen) atoms. The number of sulfonamides is 1. The molecule has 1 N–H and O–H groups in total. The van der Waals surface area contributed by atoms with Gasteiger partial charge in [0.1, 0.15) is 5.75 Å². The van der Waals surface area contributed by atoms with E-state index in [-0.39, 0.29) is 29.8 Å². The van der Waals surface area contributed by atoms with E-state index in [4.69, 9.17) is 4.74 Å². The topological polar surface area (TPSA) is 75.7 Å². The lowest BCUT2D eigenvalue weighted by Gasteiger charge is -2.35. The summed E-state index contributed by atoms with van der Waals surface area (Å²) in [6.45, 7) is 12.1. The van der Waals surface area contributed by atoms with E-state index >= 15 is 0 Å². The summed E-state index contributed by atoms with van der Waals surface area (Å²) in [5.74, 6) is 0.382. The van der Waals surface area contributed by atoms with E-state index in [1.165, 1.54) is 4.31 Å². The van der Waals surface area contributed by atoms with Crippen molar-refractivity contribution in [2.75, 3.05) is 17.1 Å². The van der Waals surface area contributed by atoms with Gasteiger partial charge >= 0.3 is 0 Å². The van der Waals surface area contributed by atoms with Crippen LogP contribution in [0.1, 0.15) is 47.1 Å². The molecule has 2 atom stereocenters. The molecule has 0 saturated heterocycles. The van der Waals surface area contributed by atoms with Crippen molar-refractivity contribution in [1.29, 1.82) is 0 Å². The summed E-state index contributed by atoms with van der Waals surface area (Å²) in [5.41, 5.74) is 1.37. The maximum atomic E-state index is 12.6. The van der Waals surface area contributed by atoms with Crippen LogP contribution in [0.25, 0.3) is 0 Å². The van der Waals surface area contributed by atoms with E-state index in [1.807, 2.05) is 32.9 Å². The molecule has 0 fully saturated rings. The van der Waals surface area contributed by atoms with Gasteiger partial charge in [0.2, 0.25) is 10.0 Å². The molecule has 1 aliphatic rings. The highest BCUT2D eigenvalue weighted by Crippen LogP contribution is 2.38. The number of hydrogen-bond donors (Lipinski definition) is 1. The number of anilines is 1. The van der Waals surface area contributed by atoms with Gasteiger partial charge in [-0.05, 0) is 36.0 Å². The Morgan fingerprint density at radius 3 is 2.38 bits per heavy atom. The maximum Gasteiger partial charge on any atom is 0.263 e. The predicted octanol–water partition coefficient (Wildman–Crippen LogP) is 2.67. The highest BCUT2D eigenvalue weighted by molar-refractivity contribution is 7.92. The molecule has 0 radical (unpaired) electrons. The van der Waals surface area contributed by atoms with E-state index in [0.717, 1.165) is 11.8 Å². The number of ether oxygens (including phenoxy) is 1. The van der Waals surface area contributed by atoms with Crippen molar-refractivity contribution in [3.63, 3.8) is 0 Å². The van der Waals surface area contributed by atoms with Gasteiger partial charge in [0.05, 0.1) is 18.5 Å². The smallest absolute Gasteiger partial charge is 0.263 e. The molecule has 6 nitrogen and oxygen atoms in total. The fourth-order valence-electron chi connectivity index (χ4n) is 2.65. The van der Waals surface area contributed by atoms with Gasteiger partial charge < -0.3 is 10.1 Å². The third-order valence-corrected chi connectivity index (χ3v) is 5.90. The Labute approximate surface area is 157 Å². The average Bonchev–Trinajstić information content (AvgIpc) is 2.51. The molecule has 0 aliphatic carbocycles. The molecule has 1 amide bonds. The zero-order valence-corrected chi connectivity index (χ0v) is 17.5. The second-order valence-electron chi connectivity index (χ2n) is 8.37. The number of rotatable bonds is 4. The summed E-state index contributed by atoms with van der Waals surface area (Å²) in [4.78, 5) is 12.6. The Bertz CT molecular complexity index is 781. The lowest BCUT2D eigenvalue weighted by atomic mass is 9.86. The van der Waals surface area contributed by atoms with Gasteiger partial charge in [0.15, 0.2) is 6.10 Å². The molecule has 1 heterocycles. The first-order chi connectivity index (χ1) is 11.8. The van der Waals surface area contributed by atoms with E-state index < -0.39 is 16.1 Å². The number of nitrogens with zero attached hydrogens (tertiary/aromatic N) is 1. The Kier molecular flexibility index (Phi) is 5.61. The number of benzene rings is 1. The van der Waals surface area contributed by atoms with E-state index in [9.17, 15) is 13.2 Å². The normalized spacial score (nSPS) is 18.9. The third-order valence-electron chi connectivity index (χ3n) is 4.76. The van der Waals surface area contributed by atoms with E-state index in [2.05, 4.69) is 26.1 Å². The van der Waals surface area contributed by atoms with E-state index in [1.54, 1.807) is 6.07 Å². The zero-order valence-electron chi connectivity index (χ0n) is 16.7. The van der Waals surface area contributed by atoms with Crippen molar-refractivity contribution < 1.29 is 17.9 Å². The summed E-state index contributed by atoms with van der Waals surface area (Å²) in [7, 11) is -3.54. The van der Waals surface area contributed by atoms with Crippen LogP contribution in [0.5, 0.6) is 5.75 Å². The van der Waals surface area contributed by atoms with Crippen LogP contribution in [0, 0.1) is 5.92 Å². The fourth-order valence-corrected chi connectivity index (χ4v) is 3.56. The summed E-state index contributed by atoms with van der Waals surface area (Å²) in [6.07, 6.45) is 0.274. The second-order valence-corrected chi connectivity index (χ2v) is 10.3. The summed E-state index contributed by atoms with van der Waals surface area (Å²) in [5, 5.41) is 2.90. The van der Waals surface area contributed by atoms with Crippen molar-refractivity contribution in [2.45, 2.75) is 59.1 Å². The van der Waals surface area contributed by atoms with Gasteiger partial charge in [0.25, 0.3) is 5.91 Å². The highest BCUT2D eigenvalue weighted by Gasteiger charge is 2.36. The van der Waals surface area contributed by atoms with Crippen LogP contribution in [-0.4, -0.2) is 39.3 Å². The number of fused-ring (bicyclic) bond motifs is 1. The first-order valence-corrected chi connectivity index (χ1v) is 10.7. The molecule has 0 spiro atoms. The summed E-state index contributed by atoms with van der Waals surface area (Å²) >= 11 is 0. The van der Waals surface area contributed by atoms with Gasteiger partial charge in [-0.1, -0.05) is 40.7 Å². The lowest BCUT2D eigenvalue weighted by molar-refractivity contribution is -0.128. The molecule has 2 rings (SSSR count). The Balaban J connectivity index is 2.39. The van der Waals surface area contributed by atoms with Gasteiger partial charge in [-0.25, -0.2) is 8.42 Å². The minimum atomic E-state index is -3.54. The van der Waals surface area contributed by atoms with Crippen molar-refractivity contribution in [3.8, 4) is 5.75 Å². The molecule has 0 aromatic heterocycles. The predicted molar refractivity (Wildman–Crippen MR) is 104 cm³/mol. The van der Waals surface area contributed by atoms with Crippen LogP contribution in [0.4, 0.5) is 5.69 Å². The summed E-state index contributed by atoms with van der Waals surface area (Å²) < 4.78 is 31.8. The van der Waals surface area contributed by atoms with Gasteiger partial charge in [-0.2, -0.15) is 0 Å². The molecular formula is C19H30N2O4S. The van der Waals surface area contributed by atoms with Crippen molar-refractivity contribution in [3.05, 3.63) is 23.8 Å². The molecule has 1 aliphatic heterocycles. The maximum absolute atomic E-state index is 12.6. The lowest BCUT2D eigenvalue weighted by Crippen LogP contribution is -2.52. The minimum Gasteiger partial charge on any atom is -0.476 e. The van der Waals surface area contributed by atoms with Crippen LogP contribution in [-0.2, 0) is 20.2 Å². The standard InChI is InChI=1S/C19H30N2O4S/c1-12(2)13(3)20-18(22)17-11-21(26(7,23)24)15-10-14(19(4,5)6)8-9-16(15)25-17/h8-10,12-13,17H,11H2,1-7H3,(H,20,22). The second kappa shape index (κ2) is 7.10. The average molecular weight is 383 g/mol. The number of carbonyl (C=O) groups excluding carboxylic acids is 1. The van der Waals surface area contributed by atoms with Crippen LogP contribution in [0.2, 0.25) is 0 Å². The Hall–Kier alpha value is -1.76. The van der Waals surface area contributed by atoms with Gasteiger partial charge in [-0.3, -0.25) is 9.10 Å².